The minimum Gasteiger partial charge on any atom is -0.248 e. The Labute approximate surface area is 141 Å². The van der Waals surface area contributed by atoms with Crippen LogP contribution in [0.4, 0.5) is 0 Å². The first kappa shape index (κ1) is 17.7. The van der Waals surface area contributed by atoms with Gasteiger partial charge in [-0.3, -0.25) is 0 Å². The van der Waals surface area contributed by atoms with Gasteiger partial charge in [-0.05, 0) is 25.3 Å². The van der Waals surface area contributed by atoms with E-state index in [2.05, 4.69) is 54.6 Å². The van der Waals surface area contributed by atoms with Crippen molar-refractivity contribution in [2.45, 2.75) is 78.2 Å². The molecule has 2 aromatic rings. The van der Waals surface area contributed by atoms with Gasteiger partial charge in [0.05, 0.1) is 12.2 Å². The Morgan fingerprint density at radius 1 is 0.870 bits per heavy atom. The van der Waals surface area contributed by atoms with Gasteiger partial charge in [0.15, 0.2) is 0 Å². The number of unbranched alkanes of at least 4 members (excludes halogenated alkanes) is 7. The first-order chi connectivity index (χ1) is 11.3. The summed E-state index contributed by atoms with van der Waals surface area (Å²) in [4.78, 5) is 0. The Kier molecular flexibility index (Phi) is 7.85. The number of benzene rings is 1. The van der Waals surface area contributed by atoms with Crippen molar-refractivity contribution in [2.24, 2.45) is 0 Å². The molecule has 0 aliphatic carbocycles. The molecule has 1 aromatic carbocycles. The van der Waals surface area contributed by atoms with Crippen LogP contribution >= 0.6 is 0 Å². The minimum absolute atomic E-state index is 0.810. The zero-order chi connectivity index (χ0) is 16.3. The average molecular weight is 313 g/mol. The maximum absolute atomic E-state index is 4.30. The molecular weight excluding hydrogens is 282 g/mol. The van der Waals surface area contributed by atoms with E-state index in [1.807, 2.05) is 4.68 Å². The Balaban J connectivity index is 1.62. The molecule has 0 atom stereocenters. The molecule has 0 aliphatic heterocycles. The van der Waals surface area contributed by atoms with Gasteiger partial charge in [-0.25, -0.2) is 4.68 Å². The second kappa shape index (κ2) is 10.2. The number of hydrogen-bond donors (Lipinski definition) is 0. The van der Waals surface area contributed by atoms with Crippen LogP contribution in [-0.2, 0) is 13.0 Å². The van der Waals surface area contributed by atoms with E-state index < -0.39 is 0 Å². The summed E-state index contributed by atoms with van der Waals surface area (Å²) in [6.07, 6.45) is 14.0. The zero-order valence-corrected chi connectivity index (χ0v) is 14.8. The Bertz CT molecular complexity index is 542. The van der Waals surface area contributed by atoms with Crippen LogP contribution in [0, 0.1) is 6.92 Å². The van der Waals surface area contributed by atoms with Gasteiger partial charge in [0, 0.05) is 6.20 Å². The maximum atomic E-state index is 4.30. The van der Waals surface area contributed by atoms with Crippen molar-refractivity contribution >= 4 is 0 Å². The summed E-state index contributed by atoms with van der Waals surface area (Å²) in [5.74, 6) is 0. The Hall–Kier alpha value is -1.64. The van der Waals surface area contributed by atoms with Gasteiger partial charge in [-0.15, -0.1) is 5.10 Å². The lowest BCUT2D eigenvalue weighted by Gasteiger charge is -2.01. The molecule has 0 amide bonds. The van der Waals surface area contributed by atoms with Gasteiger partial charge < -0.3 is 0 Å². The molecule has 0 aliphatic rings. The summed E-state index contributed by atoms with van der Waals surface area (Å²) >= 11 is 0. The van der Waals surface area contributed by atoms with E-state index in [0.717, 1.165) is 18.7 Å². The average Bonchev–Trinajstić information content (AvgIpc) is 3.00. The molecule has 2 rings (SSSR count). The highest BCUT2D eigenvalue weighted by Gasteiger charge is 2.02. The molecule has 1 aromatic heterocycles. The van der Waals surface area contributed by atoms with E-state index in [1.54, 1.807) is 0 Å². The molecule has 0 spiro atoms. The Morgan fingerprint density at radius 2 is 1.52 bits per heavy atom. The lowest BCUT2D eigenvalue weighted by atomic mass is 10.1. The fraction of sp³-hybridized carbons (Fsp3) is 0.600. The van der Waals surface area contributed by atoms with Gasteiger partial charge in [-0.2, -0.15) is 0 Å². The number of aryl methyl sites for hydroxylation is 2. The third-order valence-electron chi connectivity index (χ3n) is 4.34. The molecule has 0 radical (unpaired) electrons. The quantitative estimate of drug-likeness (QED) is 0.526. The molecule has 126 valence electrons. The summed E-state index contributed by atoms with van der Waals surface area (Å²) < 4.78 is 1.95. The fourth-order valence-corrected chi connectivity index (χ4v) is 2.85. The monoisotopic (exact) mass is 313 g/mol. The van der Waals surface area contributed by atoms with Gasteiger partial charge >= 0.3 is 0 Å². The number of aromatic nitrogens is 3. The predicted octanol–water partition coefficient (Wildman–Crippen LogP) is 5.32. The lowest BCUT2D eigenvalue weighted by Crippen LogP contribution is -2.00. The van der Waals surface area contributed by atoms with E-state index in [-0.39, 0.29) is 0 Å². The van der Waals surface area contributed by atoms with Crippen molar-refractivity contribution in [1.82, 2.24) is 15.0 Å². The van der Waals surface area contributed by atoms with Crippen molar-refractivity contribution < 1.29 is 0 Å². The van der Waals surface area contributed by atoms with Crippen LogP contribution in [0.25, 0.3) is 0 Å². The SMILES string of the molecule is CCCCCCCCCCc1cn(Cc2ccc(C)cc2)nn1. The van der Waals surface area contributed by atoms with E-state index in [1.165, 1.54) is 62.5 Å². The minimum atomic E-state index is 0.810. The van der Waals surface area contributed by atoms with Crippen LogP contribution in [0.1, 0.15) is 75.1 Å². The van der Waals surface area contributed by atoms with E-state index >= 15 is 0 Å². The van der Waals surface area contributed by atoms with Crippen LogP contribution in [0.5, 0.6) is 0 Å². The molecule has 3 heteroatoms. The summed E-state index contributed by atoms with van der Waals surface area (Å²) in [6, 6.07) is 8.62. The smallest absolute Gasteiger partial charge is 0.0827 e. The maximum Gasteiger partial charge on any atom is 0.0827 e. The highest BCUT2D eigenvalue weighted by atomic mass is 15.4. The third-order valence-corrected chi connectivity index (χ3v) is 4.34. The van der Waals surface area contributed by atoms with Crippen LogP contribution in [0.3, 0.4) is 0 Å². The molecule has 0 unspecified atom stereocenters. The van der Waals surface area contributed by atoms with E-state index in [0.29, 0.717) is 0 Å². The second-order valence-corrected chi connectivity index (χ2v) is 6.62. The van der Waals surface area contributed by atoms with Gasteiger partial charge in [-0.1, -0.05) is 86.9 Å². The fourth-order valence-electron chi connectivity index (χ4n) is 2.85. The Morgan fingerprint density at radius 3 is 2.22 bits per heavy atom. The van der Waals surface area contributed by atoms with Crippen molar-refractivity contribution in [3.05, 3.63) is 47.3 Å². The molecule has 23 heavy (non-hydrogen) atoms. The highest BCUT2D eigenvalue weighted by molar-refractivity contribution is 5.21. The lowest BCUT2D eigenvalue weighted by molar-refractivity contribution is 0.574. The van der Waals surface area contributed by atoms with Crippen LogP contribution < -0.4 is 0 Å². The third kappa shape index (κ3) is 6.98. The topological polar surface area (TPSA) is 30.7 Å². The van der Waals surface area contributed by atoms with Crippen LogP contribution in [0.2, 0.25) is 0 Å². The number of hydrogen-bond acceptors (Lipinski definition) is 2. The van der Waals surface area contributed by atoms with Gasteiger partial charge in [0.1, 0.15) is 0 Å². The summed E-state index contributed by atoms with van der Waals surface area (Å²) in [6.45, 7) is 5.19. The molecule has 0 bridgehead atoms. The number of rotatable bonds is 11. The molecule has 0 saturated heterocycles. The van der Waals surface area contributed by atoms with Crippen LogP contribution in [0.15, 0.2) is 30.5 Å². The molecule has 0 fully saturated rings. The standard InChI is InChI=1S/C20H31N3/c1-3-4-5-6-7-8-9-10-11-20-17-23(22-21-20)16-19-14-12-18(2)13-15-19/h12-15,17H,3-11,16H2,1-2H3. The highest BCUT2D eigenvalue weighted by Crippen LogP contribution is 2.11. The summed E-state index contributed by atoms with van der Waals surface area (Å²) in [7, 11) is 0. The predicted molar refractivity (Wildman–Crippen MR) is 96.6 cm³/mol. The number of nitrogens with zero attached hydrogens (tertiary/aromatic N) is 3. The molecular formula is C20H31N3. The molecule has 3 nitrogen and oxygen atoms in total. The van der Waals surface area contributed by atoms with Crippen LogP contribution in [-0.4, -0.2) is 15.0 Å². The van der Waals surface area contributed by atoms with Gasteiger partial charge in [0.2, 0.25) is 0 Å². The second-order valence-electron chi connectivity index (χ2n) is 6.62. The van der Waals surface area contributed by atoms with Crippen molar-refractivity contribution in [2.75, 3.05) is 0 Å². The molecule has 0 saturated carbocycles. The first-order valence-electron chi connectivity index (χ1n) is 9.22. The van der Waals surface area contributed by atoms with E-state index in [4.69, 9.17) is 0 Å². The normalized spacial score (nSPS) is 11.0. The van der Waals surface area contributed by atoms with Crippen molar-refractivity contribution in [1.29, 1.82) is 0 Å². The van der Waals surface area contributed by atoms with Crippen molar-refractivity contribution in [3.63, 3.8) is 0 Å². The molecule has 0 N–H and O–H groups in total. The summed E-state index contributed by atoms with van der Waals surface area (Å²) in [5, 5.41) is 8.55. The van der Waals surface area contributed by atoms with Gasteiger partial charge in [0.25, 0.3) is 0 Å². The summed E-state index contributed by atoms with van der Waals surface area (Å²) in [5.41, 5.74) is 3.70. The van der Waals surface area contributed by atoms with E-state index in [9.17, 15) is 0 Å². The zero-order valence-electron chi connectivity index (χ0n) is 14.8. The molecule has 1 heterocycles. The largest absolute Gasteiger partial charge is 0.248 e. The van der Waals surface area contributed by atoms with Crippen molar-refractivity contribution in [3.8, 4) is 0 Å². The first-order valence-corrected chi connectivity index (χ1v) is 9.22.